The van der Waals surface area contributed by atoms with E-state index in [1.807, 2.05) is 69.3 Å². The van der Waals surface area contributed by atoms with Gasteiger partial charge in [-0.2, -0.15) is 0 Å². The van der Waals surface area contributed by atoms with Gasteiger partial charge >= 0.3 is 0 Å². The first-order valence-corrected chi connectivity index (χ1v) is 11.2. The lowest BCUT2D eigenvalue weighted by atomic mass is 9.82. The van der Waals surface area contributed by atoms with Gasteiger partial charge in [-0.15, -0.1) is 0 Å². The summed E-state index contributed by atoms with van der Waals surface area (Å²) in [6.07, 6.45) is 5.78. The largest absolute Gasteiger partial charge is 0.325 e. The van der Waals surface area contributed by atoms with Crippen molar-refractivity contribution in [2.24, 2.45) is 0 Å². The molecule has 1 aliphatic rings. The molecule has 1 aliphatic carbocycles. The van der Waals surface area contributed by atoms with Gasteiger partial charge < -0.3 is 10.3 Å². The molecule has 4 nitrogen and oxygen atoms in total. The molecular weight excluding hydrogens is 384 g/mol. The summed E-state index contributed by atoms with van der Waals surface area (Å²) in [5.74, 6) is -0.0289. The molecule has 160 valence electrons. The van der Waals surface area contributed by atoms with Crippen molar-refractivity contribution in [3.63, 3.8) is 0 Å². The van der Waals surface area contributed by atoms with Crippen molar-refractivity contribution in [1.29, 1.82) is 0 Å². The van der Waals surface area contributed by atoms with E-state index in [4.69, 9.17) is 0 Å². The summed E-state index contributed by atoms with van der Waals surface area (Å²) < 4.78 is 0. The molecule has 4 heteroatoms. The van der Waals surface area contributed by atoms with E-state index in [-0.39, 0.29) is 17.0 Å². The molecule has 1 heterocycles. The Kier molecular flexibility index (Phi) is 6.08. The van der Waals surface area contributed by atoms with Crippen LogP contribution < -0.4 is 10.9 Å². The van der Waals surface area contributed by atoms with Crippen LogP contribution in [-0.4, -0.2) is 10.9 Å². The molecule has 0 aliphatic heterocycles. The van der Waals surface area contributed by atoms with Gasteiger partial charge in [0, 0.05) is 16.9 Å². The first-order valence-electron chi connectivity index (χ1n) is 11.2. The lowest BCUT2D eigenvalue weighted by molar-refractivity contribution is 0.102. The predicted octanol–water partition coefficient (Wildman–Crippen LogP) is 6.27. The molecule has 31 heavy (non-hydrogen) atoms. The first-order chi connectivity index (χ1) is 14.9. The maximum Gasteiger partial charge on any atom is 0.261 e. The number of carbonyl (C=O) groups is 1. The van der Waals surface area contributed by atoms with Crippen LogP contribution in [0.2, 0.25) is 0 Å². The van der Waals surface area contributed by atoms with E-state index < -0.39 is 0 Å². The number of benzene rings is 2. The molecular formula is C27H30N2O2. The summed E-state index contributed by atoms with van der Waals surface area (Å²) in [5.41, 5.74) is 6.45. The molecule has 0 unspecified atom stereocenters. The number of aryl methyl sites for hydroxylation is 2. The van der Waals surface area contributed by atoms with Gasteiger partial charge in [0.25, 0.3) is 11.5 Å². The third-order valence-electron chi connectivity index (χ3n) is 6.39. The summed E-state index contributed by atoms with van der Waals surface area (Å²) in [6, 6.07) is 15.7. The zero-order chi connectivity index (χ0) is 22.0. The number of amides is 1. The summed E-state index contributed by atoms with van der Waals surface area (Å²) in [5, 5.41) is 2.92. The van der Waals surface area contributed by atoms with Crippen LogP contribution in [0.4, 0.5) is 5.69 Å². The monoisotopic (exact) mass is 414 g/mol. The van der Waals surface area contributed by atoms with Crippen LogP contribution in [0.25, 0.3) is 11.1 Å². The zero-order valence-electron chi connectivity index (χ0n) is 18.5. The molecule has 1 aromatic heterocycles. The third kappa shape index (κ3) is 4.48. The van der Waals surface area contributed by atoms with Gasteiger partial charge in [-0.3, -0.25) is 9.59 Å². The lowest BCUT2D eigenvalue weighted by Crippen LogP contribution is -2.27. The fourth-order valence-electron chi connectivity index (χ4n) is 4.64. The smallest absolute Gasteiger partial charge is 0.261 e. The number of H-pyrrole nitrogens is 1. The molecule has 0 radical (unpaired) electrons. The third-order valence-corrected chi connectivity index (χ3v) is 6.39. The molecule has 0 spiro atoms. The van der Waals surface area contributed by atoms with Gasteiger partial charge in [-0.1, -0.05) is 66.8 Å². The Morgan fingerprint density at radius 3 is 2.06 bits per heavy atom. The highest BCUT2D eigenvalue weighted by Gasteiger charge is 2.26. The molecule has 0 bridgehead atoms. The highest BCUT2D eigenvalue weighted by Crippen LogP contribution is 2.37. The van der Waals surface area contributed by atoms with Crippen LogP contribution in [0, 0.1) is 20.8 Å². The van der Waals surface area contributed by atoms with Gasteiger partial charge in [0.15, 0.2) is 0 Å². The van der Waals surface area contributed by atoms with Crippen LogP contribution in [0.15, 0.2) is 53.3 Å². The second-order valence-corrected chi connectivity index (χ2v) is 8.76. The Morgan fingerprint density at radius 1 is 0.871 bits per heavy atom. The lowest BCUT2D eigenvalue weighted by Gasteiger charge is -2.25. The van der Waals surface area contributed by atoms with Crippen LogP contribution in [0.3, 0.4) is 0 Å². The molecule has 2 aromatic carbocycles. The highest BCUT2D eigenvalue weighted by atomic mass is 16.2. The molecule has 4 rings (SSSR count). The van der Waals surface area contributed by atoms with Crippen LogP contribution in [0.5, 0.6) is 0 Å². The standard InChI is InChI=1S/C27H30N2O2/c1-17-9-13-20(14-10-17)23-19(3)25(21-7-5-4-6-8-21)29-27(31)24(23)26(30)28-22-15-11-18(2)12-16-22/h9-16,21H,4-8H2,1-3H3,(H,28,30)(H,29,31). The molecule has 2 N–H and O–H groups in total. The Morgan fingerprint density at radius 2 is 1.45 bits per heavy atom. The van der Waals surface area contributed by atoms with Gasteiger partial charge in [-0.05, 0) is 62.8 Å². The Balaban J connectivity index is 1.83. The number of rotatable bonds is 4. The predicted molar refractivity (Wildman–Crippen MR) is 127 cm³/mol. The topological polar surface area (TPSA) is 62.0 Å². The van der Waals surface area contributed by atoms with E-state index in [1.54, 1.807) is 0 Å². The van der Waals surface area contributed by atoms with E-state index in [0.29, 0.717) is 11.6 Å². The molecule has 0 saturated heterocycles. The summed E-state index contributed by atoms with van der Waals surface area (Å²) in [6.45, 7) is 6.07. The number of carbonyl (C=O) groups excluding carboxylic acids is 1. The van der Waals surface area contributed by atoms with Gasteiger partial charge in [0.05, 0.1) is 0 Å². The number of anilines is 1. The van der Waals surface area contributed by atoms with Crippen molar-refractivity contribution >= 4 is 11.6 Å². The van der Waals surface area contributed by atoms with E-state index in [9.17, 15) is 9.59 Å². The molecule has 1 saturated carbocycles. The van der Waals surface area contributed by atoms with Crippen LogP contribution in [-0.2, 0) is 0 Å². The van der Waals surface area contributed by atoms with Crippen LogP contribution in [0.1, 0.15) is 70.8 Å². The maximum atomic E-state index is 13.3. The van der Waals surface area contributed by atoms with E-state index in [2.05, 4.69) is 10.3 Å². The van der Waals surface area contributed by atoms with Gasteiger partial charge in [0.1, 0.15) is 5.56 Å². The molecule has 1 fully saturated rings. The Labute approximate surface area is 183 Å². The number of aromatic amines is 1. The summed E-state index contributed by atoms with van der Waals surface area (Å²) in [4.78, 5) is 29.6. The number of hydrogen-bond donors (Lipinski definition) is 2. The second-order valence-electron chi connectivity index (χ2n) is 8.76. The first kappa shape index (κ1) is 21.1. The van der Waals surface area contributed by atoms with Crippen LogP contribution >= 0.6 is 0 Å². The summed E-state index contributed by atoms with van der Waals surface area (Å²) in [7, 11) is 0. The summed E-state index contributed by atoms with van der Waals surface area (Å²) >= 11 is 0. The quantitative estimate of drug-likeness (QED) is 0.529. The van der Waals surface area contributed by atoms with Crippen molar-refractivity contribution in [1.82, 2.24) is 4.98 Å². The second kappa shape index (κ2) is 8.93. The minimum atomic E-state index is -0.376. The van der Waals surface area contributed by atoms with Gasteiger partial charge in [-0.25, -0.2) is 0 Å². The number of hydrogen-bond acceptors (Lipinski definition) is 2. The minimum Gasteiger partial charge on any atom is -0.325 e. The average Bonchev–Trinajstić information content (AvgIpc) is 2.77. The van der Waals surface area contributed by atoms with Crippen molar-refractivity contribution in [2.75, 3.05) is 5.32 Å². The highest BCUT2D eigenvalue weighted by molar-refractivity contribution is 6.09. The van der Waals surface area contributed by atoms with E-state index in [1.165, 1.54) is 19.3 Å². The number of nitrogens with one attached hydrogen (secondary N) is 2. The Bertz CT molecular complexity index is 1140. The fourth-order valence-corrected chi connectivity index (χ4v) is 4.64. The fraction of sp³-hybridized carbons (Fsp3) is 0.333. The maximum absolute atomic E-state index is 13.3. The minimum absolute atomic E-state index is 0.182. The van der Waals surface area contributed by atoms with E-state index >= 15 is 0 Å². The van der Waals surface area contributed by atoms with Crippen molar-refractivity contribution < 1.29 is 4.79 Å². The van der Waals surface area contributed by atoms with Crippen molar-refractivity contribution in [3.05, 3.63) is 86.8 Å². The SMILES string of the molecule is Cc1ccc(NC(=O)c2c(-c3ccc(C)cc3)c(C)c(C3CCCCC3)[nH]c2=O)cc1. The number of pyridine rings is 1. The molecule has 1 amide bonds. The average molecular weight is 415 g/mol. The van der Waals surface area contributed by atoms with Crippen molar-refractivity contribution in [3.8, 4) is 11.1 Å². The van der Waals surface area contributed by atoms with Crippen molar-refractivity contribution in [2.45, 2.75) is 58.8 Å². The zero-order valence-corrected chi connectivity index (χ0v) is 18.5. The number of aromatic nitrogens is 1. The normalized spacial score (nSPS) is 14.4. The Hall–Kier alpha value is -3.14. The van der Waals surface area contributed by atoms with Gasteiger partial charge in [0.2, 0.25) is 0 Å². The molecule has 0 atom stereocenters. The van der Waals surface area contributed by atoms with E-state index in [0.717, 1.165) is 46.4 Å². The molecule has 3 aromatic rings.